The highest BCUT2D eigenvalue weighted by Crippen LogP contribution is 2.57. The second-order valence-electron chi connectivity index (χ2n) is 15.6. The van der Waals surface area contributed by atoms with Gasteiger partial charge >= 0.3 is 0 Å². The third kappa shape index (κ3) is 5.13. The highest BCUT2D eigenvalue weighted by molar-refractivity contribution is 6.09. The molecule has 0 radical (unpaired) electrons. The molecule has 0 atom stereocenters. The van der Waals surface area contributed by atoms with Crippen LogP contribution in [0.3, 0.4) is 0 Å². The lowest BCUT2D eigenvalue weighted by atomic mass is 9.67. The van der Waals surface area contributed by atoms with Crippen LogP contribution in [0.5, 0.6) is 0 Å². The van der Waals surface area contributed by atoms with Crippen LogP contribution < -0.4 is 4.90 Å². The molecule has 0 amide bonds. The van der Waals surface area contributed by atoms with Gasteiger partial charge in [0.1, 0.15) is 11.2 Å². The fraction of sp³-hybridized carbons (Fsp3) is 0.0175. The van der Waals surface area contributed by atoms with Crippen LogP contribution in [-0.4, -0.2) is 0 Å². The SMILES string of the molecule is c1ccc(C2(c3ccccc3)c3ccccc3-c3ccc(N(c4ccc(-c5ccc6oc7ccccc7c6c5)cc4)c4ccc5c(ccc6ccccc65)c4)cc32)cc1. The van der Waals surface area contributed by atoms with Crippen LogP contribution in [0.15, 0.2) is 229 Å². The van der Waals surface area contributed by atoms with Crippen molar-refractivity contribution < 1.29 is 4.42 Å². The largest absolute Gasteiger partial charge is 0.456 e. The third-order valence-electron chi connectivity index (χ3n) is 12.5. The third-order valence-corrected chi connectivity index (χ3v) is 12.5. The van der Waals surface area contributed by atoms with Gasteiger partial charge in [0.15, 0.2) is 0 Å². The maximum absolute atomic E-state index is 6.16. The molecule has 0 spiro atoms. The minimum absolute atomic E-state index is 0.502. The summed E-state index contributed by atoms with van der Waals surface area (Å²) in [5, 5.41) is 7.24. The van der Waals surface area contributed by atoms with Crippen molar-refractivity contribution in [2.75, 3.05) is 4.90 Å². The van der Waals surface area contributed by atoms with Gasteiger partial charge in [-0.2, -0.15) is 0 Å². The lowest BCUT2D eigenvalue weighted by Gasteiger charge is -2.35. The number of para-hydroxylation sites is 1. The standard InChI is InChI=1S/C57H37NO/c1-3-14-42(15-4-1)57(43-16-5-2-6-17-43)53-21-11-9-19-49(53)50-33-31-46(37-54(50)57)58(45-30-32-48-41(35-45)24-23-39-13-7-8-18-47(39)48)44-28-25-38(26-29-44)40-27-34-56-52(36-40)51-20-10-12-22-55(51)59-56/h1-37H. The molecule has 0 bridgehead atoms. The van der Waals surface area contributed by atoms with Gasteiger partial charge in [-0.3, -0.25) is 0 Å². The summed E-state index contributed by atoms with van der Waals surface area (Å²) in [4.78, 5) is 2.43. The minimum atomic E-state index is -0.502. The molecule has 1 aromatic heterocycles. The van der Waals surface area contributed by atoms with E-state index in [0.29, 0.717) is 0 Å². The molecule has 0 saturated heterocycles. The predicted molar refractivity (Wildman–Crippen MR) is 246 cm³/mol. The molecule has 11 aromatic rings. The molecule has 1 heterocycles. The van der Waals surface area contributed by atoms with E-state index in [9.17, 15) is 0 Å². The number of anilines is 3. The van der Waals surface area contributed by atoms with Gasteiger partial charge < -0.3 is 9.32 Å². The first-order valence-corrected chi connectivity index (χ1v) is 20.3. The molecule has 2 nitrogen and oxygen atoms in total. The van der Waals surface area contributed by atoms with Crippen molar-refractivity contribution in [1.29, 1.82) is 0 Å². The smallest absolute Gasteiger partial charge is 0.135 e. The molecular weight excluding hydrogens is 715 g/mol. The molecule has 1 aliphatic rings. The lowest BCUT2D eigenvalue weighted by molar-refractivity contribution is 0.669. The van der Waals surface area contributed by atoms with Crippen LogP contribution in [0.2, 0.25) is 0 Å². The van der Waals surface area contributed by atoms with Gasteiger partial charge in [0.25, 0.3) is 0 Å². The molecule has 0 N–H and O–H groups in total. The second-order valence-corrected chi connectivity index (χ2v) is 15.6. The Hall–Kier alpha value is -7.68. The molecule has 276 valence electrons. The van der Waals surface area contributed by atoms with Crippen LogP contribution in [0.4, 0.5) is 17.1 Å². The van der Waals surface area contributed by atoms with Gasteiger partial charge in [-0.1, -0.05) is 170 Å². The highest BCUT2D eigenvalue weighted by Gasteiger charge is 2.46. The number of nitrogens with zero attached hydrogens (tertiary/aromatic N) is 1. The van der Waals surface area contributed by atoms with Gasteiger partial charge in [-0.05, 0) is 121 Å². The van der Waals surface area contributed by atoms with E-state index >= 15 is 0 Å². The minimum Gasteiger partial charge on any atom is -0.456 e. The normalized spacial score (nSPS) is 12.9. The summed E-state index contributed by atoms with van der Waals surface area (Å²) in [6.07, 6.45) is 0. The average Bonchev–Trinajstić information content (AvgIpc) is 3.83. The van der Waals surface area contributed by atoms with Gasteiger partial charge in [0, 0.05) is 27.8 Å². The molecule has 1 aliphatic carbocycles. The zero-order chi connectivity index (χ0) is 38.9. The molecule has 10 aromatic carbocycles. The number of hydrogen-bond acceptors (Lipinski definition) is 2. The molecule has 0 unspecified atom stereocenters. The summed E-state index contributed by atoms with van der Waals surface area (Å²) in [6.45, 7) is 0. The molecule has 2 heteroatoms. The summed E-state index contributed by atoms with van der Waals surface area (Å²) >= 11 is 0. The maximum Gasteiger partial charge on any atom is 0.135 e. The Bertz CT molecular complexity index is 3340. The lowest BCUT2D eigenvalue weighted by Crippen LogP contribution is -2.28. The quantitative estimate of drug-likeness (QED) is 0.157. The Morgan fingerprint density at radius 2 is 0.898 bits per heavy atom. The van der Waals surface area contributed by atoms with E-state index < -0.39 is 5.41 Å². The molecule has 0 saturated carbocycles. The van der Waals surface area contributed by atoms with E-state index in [2.05, 4.69) is 217 Å². The predicted octanol–water partition coefficient (Wildman–Crippen LogP) is 15.4. The molecule has 12 rings (SSSR count). The number of fused-ring (bicyclic) bond motifs is 9. The van der Waals surface area contributed by atoms with Crippen LogP contribution in [0.25, 0.3) is 65.7 Å². The first kappa shape index (κ1) is 33.5. The zero-order valence-electron chi connectivity index (χ0n) is 32.2. The summed E-state index contributed by atoms with van der Waals surface area (Å²) < 4.78 is 6.16. The first-order chi connectivity index (χ1) is 29.2. The van der Waals surface area contributed by atoms with E-state index in [1.165, 1.54) is 54.9 Å². The van der Waals surface area contributed by atoms with Crippen molar-refractivity contribution in [2.24, 2.45) is 0 Å². The fourth-order valence-electron chi connectivity index (χ4n) is 9.87. The average molecular weight is 752 g/mol. The first-order valence-electron chi connectivity index (χ1n) is 20.3. The molecular formula is C57H37NO. The highest BCUT2D eigenvalue weighted by atomic mass is 16.3. The summed E-state index contributed by atoms with van der Waals surface area (Å²) in [7, 11) is 0. The van der Waals surface area contributed by atoms with Crippen LogP contribution in [0.1, 0.15) is 22.3 Å². The number of hydrogen-bond donors (Lipinski definition) is 0. The van der Waals surface area contributed by atoms with Crippen LogP contribution in [0, 0.1) is 0 Å². The number of benzene rings is 10. The second kappa shape index (κ2) is 13.2. The van der Waals surface area contributed by atoms with Crippen molar-refractivity contribution in [1.82, 2.24) is 0 Å². The summed E-state index contributed by atoms with van der Waals surface area (Å²) in [5.74, 6) is 0. The van der Waals surface area contributed by atoms with Crippen molar-refractivity contribution >= 4 is 60.5 Å². The Labute approximate surface area is 342 Å². The van der Waals surface area contributed by atoms with Crippen molar-refractivity contribution in [2.45, 2.75) is 5.41 Å². The Morgan fingerprint density at radius 3 is 1.71 bits per heavy atom. The zero-order valence-corrected chi connectivity index (χ0v) is 32.2. The van der Waals surface area contributed by atoms with E-state index in [-0.39, 0.29) is 0 Å². The van der Waals surface area contributed by atoms with Crippen molar-refractivity contribution in [3.8, 4) is 22.3 Å². The maximum atomic E-state index is 6.16. The Morgan fingerprint density at radius 1 is 0.322 bits per heavy atom. The Balaban J connectivity index is 1.06. The Kier molecular flexibility index (Phi) is 7.48. The van der Waals surface area contributed by atoms with Crippen molar-refractivity contribution in [3.05, 3.63) is 247 Å². The number of furan rings is 1. The van der Waals surface area contributed by atoms with Gasteiger partial charge in [-0.25, -0.2) is 0 Å². The fourth-order valence-corrected chi connectivity index (χ4v) is 9.87. The van der Waals surface area contributed by atoms with E-state index in [1.54, 1.807) is 0 Å². The van der Waals surface area contributed by atoms with Crippen molar-refractivity contribution in [3.63, 3.8) is 0 Å². The summed E-state index contributed by atoms with van der Waals surface area (Å²) in [5.41, 5.74) is 14.6. The van der Waals surface area contributed by atoms with Gasteiger partial charge in [0.05, 0.1) is 5.41 Å². The van der Waals surface area contributed by atoms with Gasteiger partial charge in [0.2, 0.25) is 0 Å². The van der Waals surface area contributed by atoms with E-state index in [1.807, 2.05) is 12.1 Å². The van der Waals surface area contributed by atoms with Crippen LogP contribution >= 0.6 is 0 Å². The van der Waals surface area contributed by atoms with Gasteiger partial charge in [-0.15, -0.1) is 0 Å². The topological polar surface area (TPSA) is 16.4 Å². The molecule has 59 heavy (non-hydrogen) atoms. The monoisotopic (exact) mass is 751 g/mol. The molecule has 0 fully saturated rings. The van der Waals surface area contributed by atoms with Crippen LogP contribution in [-0.2, 0) is 5.41 Å². The molecule has 0 aliphatic heterocycles. The number of rotatable bonds is 6. The van der Waals surface area contributed by atoms with E-state index in [4.69, 9.17) is 4.42 Å². The summed E-state index contributed by atoms with van der Waals surface area (Å²) in [6, 6.07) is 82.0. The van der Waals surface area contributed by atoms with E-state index in [0.717, 1.165) is 50.1 Å².